The number of aryl methyl sites for hydroxylation is 2. The van der Waals surface area contributed by atoms with E-state index in [-0.39, 0.29) is 0 Å². The van der Waals surface area contributed by atoms with Gasteiger partial charge < -0.3 is 4.42 Å². The van der Waals surface area contributed by atoms with Crippen LogP contribution in [0.5, 0.6) is 0 Å². The van der Waals surface area contributed by atoms with Crippen LogP contribution in [0, 0.1) is 0 Å². The molecule has 4 rings (SSSR count). The van der Waals surface area contributed by atoms with Crippen LogP contribution in [-0.2, 0) is 12.8 Å². The van der Waals surface area contributed by atoms with Gasteiger partial charge in [0.25, 0.3) is 0 Å². The molecule has 0 N–H and O–H groups in total. The summed E-state index contributed by atoms with van der Waals surface area (Å²) in [6.45, 7) is 0. The fourth-order valence-corrected chi connectivity index (χ4v) is 2.90. The van der Waals surface area contributed by atoms with E-state index in [2.05, 4.69) is 32.3 Å². The maximum Gasteiger partial charge on any atom is 0.247 e. The Hall–Kier alpha value is -2.79. The summed E-state index contributed by atoms with van der Waals surface area (Å²) in [6.07, 6.45) is 5.40. The van der Waals surface area contributed by atoms with E-state index in [0.717, 1.165) is 48.0 Å². The van der Waals surface area contributed by atoms with Gasteiger partial charge >= 0.3 is 0 Å². The lowest BCUT2D eigenvalue weighted by Crippen LogP contribution is -1.94. The van der Waals surface area contributed by atoms with Gasteiger partial charge in [0.2, 0.25) is 11.8 Å². The van der Waals surface area contributed by atoms with E-state index in [1.807, 2.05) is 36.4 Å². The van der Waals surface area contributed by atoms with Gasteiger partial charge in [-0.3, -0.25) is 0 Å². The third-order valence-corrected chi connectivity index (χ3v) is 4.41. The molecule has 0 spiro atoms. The molecule has 0 aliphatic heterocycles. The van der Waals surface area contributed by atoms with Crippen molar-refractivity contribution in [1.82, 2.24) is 20.2 Å². The quantitative estimate of drug-likeness (QED) is 0.455. The van der Waals surface area contributed by atoms with Crippen LogP contribution in [0.15, 0.2) is 59.1 Å². The maximum atomic E-state index is 5.90. The third-order valence-electron chi connectivity index (χ3n) is 4.15. The zero-order valence-corrected chi connectivity index (χ0v) is 14.9. The molecule has 3 heterocycles. The Labute approximate surface area is 156 Å². The van der Waals surface area contributed by atoms with Crippen molar-refractivity contribution in [2.45, 2.75) is 25.7 Å². The minimum absolute atomic E-state index is 0.527. The lowest BCUT2D eigenvalue weighted by atomic mass is 10.1. The highest BCUT2D eigenvalue weighted by Gasteiger charge is 2.08. The van der Waals surface area contributed by atoms with E-state index in [1.165, 1.54) is 0 Å². The number of hydrogen-bond acceptors (Lipinski definition) is 5. The first-order valence-corrected chi connectivity index (χ1v) is 8.95. The first kappa shape index (κ1) is 16.7. The number of rotatable bonds is 6. The van der Waals surface area contributed by atoms with Crippen LogP contribution >= 0.6 is 11.6 Å². The SMILES string of the molecule is Clc1ccc(-c2nnc(CCCCc3ccc4cccnc4n3)o2)cc1. The van der Waals surface area contributed by atoms with Crippen molar-refractivity contribution in [1.29, 1.82) is 0 Å². The lowest BCUT2D eigenvalue weighted by molar-refractivity contribution is 0.493. The van der Waals surface area contributed by atoms with Gasteiger partial charge in [-0.05, 0) is 67.8 Å². The number of pyridine rings is 2. The fraction of sp³-hybridized carbons (Fsp3) is 0.200. The Bertz CT molecular complexity index is 1010. The lowest BCUT2D eigenvalue weighted by Gasteiger charge is -2.02. The van der Waals surface area contributed by atoms with E-state index in [1.54, 1.807) is 6.20 Å². The molecule has 0 aliphatic rings. The van der Waals surface area contributed by atoms with Gasteiger partial charge in [-0.1, -0.05) is 11.6 Å². The molecule has 0 amide bonds. The number of fused-ring (bicyclic) bond motifs is 1. The van der Waals surface area contributed by atoms with Crippen molar-refractivity contribution in [2.75, 3.05) is 0 Å². The maximum absolute atomic E-state index is 5.90. The highest BCUT2D eigenvalue weighted by Crippen LogP contribution is 2.21. The van der Waals surface area contributed by atoms with Crippen LogP contribution in [0.4, 0.5) is 0 Å². The minimum Gasteiger partial charge on any atom is -0.421 e. The predicted octanol–water partition coefficient (Wildman–Crippen LogP) is 4.90. The fourth-order valence-electron chi connectivity index (χ4n) is 2.78. The van der Waals surface area contributed by atoms with E-state index in [0.29, 0.717) is 16.8 Å². The summed E-state index contributed by atoms with van der Waals surface area (Å²) in [7, 11) is 0. The topological polar surface area (TPSA) is 64.7 Å². The van der Waals surface area contributed by atoms with Crippen LogP contribution in [-0.4, -0.2) is 20.2 Å². The van der Waals surface area contributed by atoms with Gasteiger partial charge in [-0.2, -0.15) is 0 Å². The molecule has 0 saturated carbocycles. The first-order valence-electron chi connectivity index (χ1n) is 8.57. The van der Waals surface area contributed by atoms with Crippen LogP contribution in [0.2, 0.25) is 5.02 Å². The van der Waals surface area contributed by atoms with Gasteiger partial charge in [-0.15, -0.1) is 10.2 Å². The normalized spacial score (nSPS) is 11.1. The van der Waals surface area contributed by atoms with Crippen LogP contribution in [0.1, 0.15) is 24.4 Å². The summed E-state index contributed by atoms with van der Waals surface area (Å²) in [4.78, 5) is 8.90. The second kappa shape index (κ2) is 7.62. The van der Waals surface area contributed by atoms with Gasteiger partial charge in [-0.25, -0.2) is 9.97 Å². The highest BCUT2D eigenvalue weighted by atomic mass is 35.5. The number of halogens is 1. The molecule has 0 fully saturated rings. The van der Waals surface area contributed by atoms with Gasteiger partial charge in [0, 0.05) is 34.3 Å². The van der Waals surface area contributed by atoms with Crippen LogP contribution in [0.3, 0.4) is 0 Å². The zero-order chi connectivity index (χ0) is 17.8. The summed E-state index contributed by atoms with van der Waals surface area (Å²) in [5.74, 6) is 1.18. The Morgan fingerprint density at radius 1 is 0.885 bits per heavy atom. The Morgan fingerprint density at radius 3 is 2.62 bits per heavy atom. The molecule has 0 aliphatic carbocycles. The standard InChI is InChI=1S/C20H17ClN4O/c21-16-10-7-15(8-11-16)20-25-24-18(26-20)6-2-1-5-17-12-9-14-4-3-13-22-19(14)23-17/h3-4,7-13H,1-2,5-6H2. The molecule has 130 valence electrons. The molecule has 0 unspecified atom stereocenters. The molecule has 0 bridgehead atoms. The Morgan fingerprint density at radius 2 is 1.73 bits per heavy atom. The molecular weight excluding hydrogens is 348 g/mol. The average molecular weight is 365 g/mol. The summed E-state index contributed by atoms with van der Waals surface area (Å²) in [5.41, 5.74) is 2.74. The van der Waals surface area contributed by atoms with Crippen molar-refractivity contribution in [3.05, 3.63) is 71.3 Å². The minimum atomic E-state index is 0.527. The molecule has 6 heteroatoms. The van der Waals surface area contributed by atoms with Gasteiger partial charge in [0.1, 0.15) is 0 Å². The van der Waals surface area contributed by atoms with Crippen LogP contribution in [0.25, 0.3) is 22.5 Å². The van der Waals surface area contributed by atoms with Gasteiger partial charge in [0.15, 0.2) is 5.65 Å². The monoisotopic (exact) mass is 364 g/mol. The molecule has 5 nitrogen and oxygen atoms in total. The number of nitrogens with zero attached hydrogens (tertiary/aromatic N) is 4. The average Bonchev–Trinajstić information content (AvgIpc) is 3.15. The largest absolute Gasteiger partial charge is 0.421 e. The molecule has 0 atom stereocenters. The number of hydrogen-bond donors (Lipinski definition) is 0. The number of unbranched alkanes of at least 4 members (excludes halogenated alkanes) is 1. The summed E-state index contributed by atoms with van der Waals surface area (Å²) in [6, 6.07) is 15.5. The van der Waals surface area contributed by atoms with Crippen molar-refractivity contribution in [2.24, 2.45) is 0 Å². The second-order valence-corrected chi connectivity index (χ2v) is 6.50. The molecule has 0 saturated heterocycles. The summed E-state index contributed by atoms with van der Waals surface area (Å²) >= 11 is 5.90. The van der Waals surface area contributed by atoms with Crippen molar-refractivity contribution in [3.63, 3.8) is 0 Å². The Kier molecular flexibility index (Phi) is 4.88. The number of aromatic nitrogens is 4. The molecule has 26 heavy (non-hydrogen) atoms. The van der Waals surface area contributed by atoms with Gasteiger partial charge in [0.05, 0.1) is 0 Å². The van der Waals surface area contributed by atoms with E-state index >= 15 is 0 Å². The van der Waals surface area contributed by atoms with Crippen molar-refractivity contribution < 1.29 is 4.42 Å². The third kappa shape index (κ3) is 3.89. The molecule has 3 aromatic heterocycles. The Balaban J connectivity index is 1.31. The molecule has 4 aromatic rings. The van der Waals surface area contributed by atoms with Crippen LogP contribution < -0.4 is 0 Å². The number of benzene rings is 1. The molecule has 0 radical (unpaired) electrons. The predicted molar refractivity (Wildman–Crippen MR) is 101 cm³/mol. The van der Waals surface area contributed by atoms with Crippen molar-refractivity contribution in [3.8, 4) is 11.5 Å². The summed E-state index contributed by atoms with van der Waals surface area (Å²) < 4.78 is 5.73. The van der Waals surface area contributed by atoms with E-state index in [9.17, 15) is 0 Å². The highest BCUT2D eigenvalue weighted by molar-refractivity contribution is 6.30. The molecule has 1 aromatic carbocycles. The van der Waals surface area contributed by atoms with Crippen molar-refractivity contribution >= 4 is 22.6 Å². The second-order valence-electron chi connectivity index (χ2n) is 6.07. The van der Waals surface area contributed by atoms with E-state index < -0.39 is 0 Å². The first-order chi connectivity index (χ1) is 12.8. The smallest absolute Gasteiger partial charge is 0.247 e. The summed E-state index contributed by atoms with van der Waals surface area (Å²) in [5, 5.41) is 9.98. The van der Waals surface area contributed by atoms with E-state index in [4.69, 9.17) is 16.0 Å². The zero-order valence-electron chi connectivity index (χ0n) is 14.1. The molecular formula is C20H17ClN4O.